The molecule has 4 atom stereocenters. The van der Waals surface area contributed by atoms with E-state index in [1.165, 1.54) is 11.6 Å². The number of hydrogen-bond donors (Lipinski definition) is 0. The molecule has 2 aromatic carbocycles. The van der Waals surface area contributed by atoms with Crippen molar-refractivity contribution in [3.8, 4) is 5.75 Å². The average Bonchev–Trinajstić information content (AvgIpc) is 3.07. The highest BCUT2D eigenvalue weighted by Crippen LogP contribution is 2.68. The zero-order valence-electron chi connectivity index (χ0n) is 18.8. The maximum absolute atomic E-state index is 14.9. The highest BCUT2D eigenvalue weighted by molar-refractivity contribution is 5.93. The van der Waals surface area contributed by atoms with Gasteiger partial charge >= 0.3 is 0 Å². The largest absolute Gasteiger partial charge is 0.475 e. The fourth-order valence-corrected chi connectivity index (χ4v) is 7.52. The summed E-state index contributed by atoms with van der Waals surface area (Å²) in [5, 5.41) is 0. The molecule has 168 valence electrons. The van der Waals surface area contributed by atoms with E-state index in [0.29, 0.717) is 25.2 Å². The van der Waals surface area contributed by atoms with E-state index >= 15 is 0 Å². The van der Waals surface area contributed by atoms with Gasteiger partial charge in [0.15, 0.2) is 23.0 Å². The number of ketones is 1. The van der Waals surface area contributed by atoms with Gasteiger partial charge in [-0.3, -0.25) is 9.69 Å². The Labute approximate surface area is 188 Å². The first kappa shape index (κ1) is 20.4. The van der Waals surface area contributed by atoms with E-state index in [-0.39, 0.29) is 17.5 Å². The SMILES string of the molecule is CCO[C@]12Cc3ccc(F)c4c3[C@]3(CCN1CCc1ccccc1)[C@H]2CCC(=O)[C@]3(C)O4. The lowest BCUT2D eigenvalue weighted by Crippen LogP contribution is -2.76. The third-order valence-electron chi connectivity index (χ3n) is 8.79. The second-order valence-electron chi connectivity index (χ2n) is 9.96. The Morgan fingerprint density at radius 3 is 2.81 bits per heavy atom. The molecule has 0 amide bonds. The molecular weight excluding hydrogens is 405 g/mol. The van der Waals surface area contributed by atoms with Gasteiger partial charge in [0.05, 0.1) is 5.41 Å². The Balaban J connectivity index is 1.49. The number of halogens is 1. The minimum absolute atomic E-state index is 0.0951. The molecule has 2 aliphatic carbocycles. The molecule has 2 fully saturated rings. The first-order valence-corrected chi connectivity index (χ1v) is 11.9. The zero-order valence-corrected chi connectivity index (χ0v) is 18.8. The number of Topliss-reactive ketones (excluding diaryl/α,β-unsaturated/α-hetero) is 1. The smallest absolute Gasteiger partial charge is 0.177 e. The number of piperidine rings is 1. The molecule has 6 rings (SSSR count). The van der Waals surface area contributed by atoms with Crippen LogP contribution in [0.15, 0.2) is 42.5 Å². The van der Waals surface area contributed by atoms with Crippen molar-refractivity contribution in [1.82, 2.24) is 4.90 Å². The summed E-state index contributed by atoms with van der Waals surface area (Å²) in [6.45, 7) is 6.27. The Bertz CT molecular complexity index is 1090. The van der Waals surface area contributed by atoms with Crippen LogP contribution in [0, 0.1) is 11.7 Å². The zero-order chi connectivity index (χ0) is 22.1. The van der Waals surface area contributed by atoms with Crippen molar-refractivity contribution in [2.24, 2.45) is 5.92 Å². The number of benzene rings is 2. The van der Waals surface area contributed by atoms with Gasteiger partial charge in [-0.05, 0) is 50.3 Å². The summed E-state index contributed by atoms with van der Waals surface area (Å²) in [6, 6.07) is 14.0. The molecule has 1 spiro atoms. The van der Waals surface area contributed by atoms with Gasteiger partial charge in [-0.15, -0.1) is 0 Å². The van der Waals surface area contributed by atoms with E-state index in [4.69, 9.17) is 9.47 Å². The predicted octanol–water partition coefficient (Wildman–Crippen LogP) is 4.43. The number of carbonyl (C=O) groups excluding carboxylic acids is 1. The van der Waals surface area contributed by atoms with Crippen LogP contribution in [0.3, 0.4) is 0 Å². The van der Waals surface area contributed by atoms with Crippen molar-refractivity contribution in [3.05, 3.63) is 65.0 Å². The van der Waals surface area contributed by atoms with E-state index in [9.17, 15) is 9.18 Å². The molecule has 4 aliphatic rings. The summed E-state index contributed by atoms with van der Waals surface area (Å²) < 4.78 is 27.9. The normalized spacial score (nSPS) is 34.8. The number of rotatable bonds is 5. The maximum atomic E-state index is 14.9. The van der Waals surface area contributed by atoms with Gasteiger partial charge in [-0.1, -0.05) is 36.4 Å². The fourth-order valence-electron chi connectivity index (χ4n) is 7.52. The predicted molar refractivity (Wildman–Crippen MR) is 119 cm³/mol. The third-order valence-corrected chi connectivity index (χ3v) is 8.79. The van der Waals surface area contributed by atoms with Crippen molar-refractivity contribution in [3.63, 3.8) is 0 Å². The van der Waals surface area contributed by atoms with Gasteiger partial charge in [0.25, 0.3) is 0 Å². The Hall–Kier alpha value is -2.24. The fraction of sp³-hybridized carbons (Fsp3) is 0.519. The summed E-state index contributed by atoms with van der Waals surface area (Å²) in [4.78, 5) is 15.8. The Morgan fingerprint density at radius 1 is 1.22 bits per heavy atom. The average molecular weight is 436 g/mol. The quantitative estimate of drug-likeness (QED) is 0.697. The van der Waals surface area contributed by atoms with Crippen molar-refractivity contribution >= 4 is 5.78 Å². The maximum Gasteiger partial charge on any atom is 0.177 e. The van der Waals surface area contributed by atoms with Gasteiger partial charge in [-0.2, -0.15) is 0 Å². The van der Waals surface area contributed by atoms with Crippen LogP contribution in [0.4, 0.5) is 4.39 Å². The molecule has 2 aromatic rings. The molecule has 2 heterocycles. The van der Waals surface area contributed by atoms with Crippen molar-refractivity contribution < 1.29 is 18.7 Å². The van der Waals surface area contributed by atoms with Crippen molar-refractivity contribution in [2.45, 2.75) is 62.7 Å². The van der Waals surface area contributed by atoms with E-state index in [1.54, 1.807) is 0 Å². The van der Waals surface area contributed by atoms with E-state index in [0.717, 1.165) is 43.5 Å². The van der Waals surface area contributed by atoms with Crippen LogP contribution in [-0.4, -0.2) is 41.7 Å². The summed E-state index contributed by atoms with van der Waals surface area (Å²) in [7, 11) is 0. The monoisotopic (exact) mass is 435 g/mol. The summed E-state index contributed by atoms with van der Waals surface area (Å²) >= 11 is 0. The van der Waals surface area contributed by atoms with Crippen LogP contribution in [0.25, 0.3) is 0 Å². The Kier molecular flexibility index (Phi) is 4.38. The molecule has 32 heavy (non-hydrogen) atoms. The summed E-state index contributed by atoms with van der Waals surface area (Å²) in [5.41, 5.74) is 1.30. The minimum Gasteiger partial charge on any atom is -0.475 e. The molecule has 4 nitrogen and oxygen atoms in total. The first-order valence-electron chi connectivity index (χ1n) is 11.9. The molecule has 2 aliphatic heterocycles. The standard InChI is InChI=1S/C27H30FNO3/c1-3-31-27-17-19-9-10-20(28)24-23(19)26(21(27)11-12-22(30)25(26,2)32-24)14-16-29(27)15-13-18-7-5-4-6-8-18/h4-10,21H,3,11-17H2,1-2H3/t21-,25+,26+,27+/m1/s1. The van der Waals surface area contributed by atoms with Gasteiger partial charge in [0, 0.05) is 44.0 Å². The van der Waals surface area contributed by atoms with E-state index in [1.807, 2.05) is 19.1 Å². The lowest BCUT2D eigenvalue weighted by Gasteiger charge is -2.65. The molecule has 1 saturated carbocycles. The molecule has 1 saturated heterocycles. The highest BCUT2D eigenvalue weighted by Gasteiger charge is 2.75. The Morgan fingerprint density at radius 2 is 2.03 bits per heavy atom. The molecule has 0 radical (unpaired) electrons. The lowest BCUT2D eigenvalue weighted by atomic mass is 9.46. The summed E-state index contributed by atoms with van der Waals surface area (Å²) in [6.07, 6.45) is 3.65. The molecule has 5 heteroatoms. The minimum atomic E-state index is -1.02. The van der Waals surface area contributed by atoms with E-state index < -0.39 is 16.7 Å². The van der Waals surface area contributed by atoms with Gasteiger partial charge in [0.2, 0.25) is 0 Å². The van der Waals surface area contributed by atoms with Crippen molar-refractivity contribution in [2.75, 3.05) is 19.7 Å². The molecular formula is C27H30FNO3. The molecule has 2 bridgehead atoms. The molecule has 0 unspecified atom stereocenters. The van der Waals surface area contributed by atoms with Crippen LogP contribution >= 0.6 is 0 Å². The van der Waals surface area contributed by atoms with Gasteiger partial charge in [-0.25, -0.2) is 4.39 Å². The van der Waals surface area contributed by atoms with E-state index in [2.05, 4.69) is 36.1 Å². The number of nitrogens with zero attached hydrogens (tertiary/aromatic N) is 1. The lowest BCUT2D eigenvalue weighted by molar-refractivity contribution is -0.253. The van der Waals surface area contributed by atoms with Crippen LogP contribution in [-0.2, 0) is 27.8 Å². The van der Waals surface area contributed by atoms with Crippen LogP contribution in [0.2, 0.25) is 0 Å². The van der Waals surface area contributed by atoms with Crippen LogP contribution in [0.1, 0.15) is 49.8 Å². The number of ether oxygens (including phenoxy) is 2. The van der Waals surface area contributed by atoms with Crippen LogP contribution < -0.4 is 4.74 Å². The summed E-state index contributed by atoms with van der Waals surface area (Å²) in [5.74, 6) is 0.154. The second-order valence-corrected chi connectivity index (χ2v) is 9.96. The van der Waals surface area contributed by atoms with Crippen LogP contribution in [0.5, 0.6) is 5.75 Å². The topological polar surface area (TPSA) is 38.8 Å². The second kappa shape index (κ2) is 6.88. The molecule has 0 N–H and O–H groups in total. The molecule has 0 aromatic heterocycles. The highest BCUT2D eigenvalue weighted by atomic mass is 19.1. The number of hydrogen-bond acceptors (Lipinski definition) is 4. The first-order chi connectivity index (χ1) is 15.5. The van der Waals surface area contributed by atoms with Gasteiger partial charge < -0.3 is 9.47 Å². The van der Waals surface area contributed by atoms with Crippen molar-refractivity contribution in [1.29, 1.82) is 0 Å². The number of carbonyl (C=O) groups is 1. The third kappa shape index (κ3) is 2.36. The van der Waals surface area contributed by atoms with Gasteiger partial charge in [0.1, 0.15) is 5.72 Å². The number of likely N-dealkylation sites (tertiary alicyclic amines) is 1.